The number of hydrogen-bond acceptors (Lipinski definition) is 3. The fourth-order valence-corrected chi connectivity index (χ4v) is 2.32. The molecular weight excluding hydrogens is 246 g/mol. The molecule has 0 bridgehead atoms. The average molecular weight is 264 g/mol. The van der Waals surface area contributed by atoms with Crippen LogP contribution in [-0.4, -0.2) is 22.4 Å². The number of rotatable bonds is 5. The zero-order chi connectivity index (χ0) is 13.0. The van der Waals surface area contributed by atoms with Gasteiger partial charge in [-0.1, -0.05) is 26.0 Å². The number of halogens is 1. The van der Waals surface area contributed by atoms with Gasteiger partial charge in [0.25, 0.3) is 0 Å². The molecule has 0 atom stereocenters. The molecule has 0 amide bonds. The summed E-state index contributed by atoms with van der Waals surface area (Å²) < 4.78 is 0. The largest absolute Gasteiger partial charge is 0.369 e. The highest BCUT2D eigenvalue weighted by molar-refractivity contribution is 6.17. The monoisotopic (exact) mass is 263 g/mol. The number of aromatic nitrogens is 2. The van der Waals surface area contributed by atoms with E-state index in [2.05, 4.69) is 29.1 Å². The van der Waals surface area contributed by atoms with Gasteiger partial charge in [0, 0.05) is 17.8 Å². The number of hydrogen-bond donors (Lipinski definition) is 1. The topological polar surface area (TPSA) is 37.8 Å². The van der Waals surface area contributed by atoms with E-state index >= 15 is 0 Å². The lowest BCUT2D eigenvalue weighted by molar-refractivity contribution is 0.379. The molecule has 0 unspecified atom stereocenters. The Kier molecular flexibility index (Phi) is 4.02. The second-order valence-corrected chi connectivity index (χ2v) is 5.57. The molecule has 0 aliphatic heterocycles. The maximum absolute atomic E-state index is 5.81. The summed E-state index contributed by atoms with van der Waals surface area (Å²) >= 11 is 5.81. The number of benzene rings is 1. The van der Waals surface area contributed by atoms with Gasteiger partial charge < -0.3 is 5.32 Å². The Morgan fingerprint density at radius 2 is 2.00 bits per heavy atom. The van der Waals surface area contributed by atoms with Crippen molar-refractivity contribution in [3.63, 3.8) is 0 Å². The number of para-hydroxylation sites is 1. The highest BCUT2D eigenvalue weighted by Crippen LogP contribution is 2.24. The summed E-state index contributed by atoms with van der Waals surface area (Å²) in [6.07, 6.45) is 2.57. The quantitative estimate of drug-likeness (QED) is 0.836. The molecule has 3 nitrogen and oxygen atoms in total. The number of anilines is 1. The van der Waals surface area contributed by atoms with Crippen LogP contribution in [0.3, 0.4) is 0 Å². The van der Waals surface area contributed by atoms with Crippen molar-refractivity contribution < 1.29 is 0 Å². The summed E-state index contributed by atoms with van der Waals surface area (Å²) in [6.45, 7) is 5.25. The van der Waals surface area contributed by atoms with Crippen LogP contribution in [0, 0.1) is 5.41 Å². The van der Waals surface area contributed by atoms with Gasteiger partial charge in [0.05, 0.1) is 5.52 Å². The maximum Gasteiger partial charge on any atom is 0.137 e. The van der Waals surface area contributed by atoms with E-state index in [-0.39, 0.29) is 5.41 Å². The Labute approximate surface area is 113 Å². The van der Waals surface area contributed by atoms with Gasteiger partial charge in [-0.3, -0.25) is 0 Å². The second-order valence-electron chi connectivity index (χ2n) is 5.20. The lowest BCUT2D eigenvalue weighted by Gasteiger charge is -2.24. The molecule has 1 N–H and O–H groups in total. The van der Waals surface area contributed by atoms with E-state index in [1.165, 1.54) is 0 Å². The van der Waals surface area contributed by atoms with Crippen LogP contribution in [0.25, 0.3) is 10.9 Å². The fourth-order valence-electron chi connectivity index (χ4n) is 1.81. The van der Waals surface area contributed by atoms with E-state index in [1.807, 2.05) is 24.3 Å². The maximum atomic E-state index is 5.81. The molecule has 2 aromatic rings. The van der Waals surface area contributed by atoms with Crippen molar-refractivity contribution >= 4 is 28.3 Å². The first-order valence-corrected chi connectivity index (χ1v) is 6.65. The summed E-state index contributed by atoms with van der Waals surface area (Å²) in [5.74, 6) is 1.57. The molecule has 0 fully saturated rings. The zero-order valence-corrected chi connectivity index (χ0v) is 11.5. The molecule has 1 aromatic carbocycles. The van der Waals surface area contributed by atoms with E-state index in [4.69, 9.17) is 11.6 Å². The normalized spacial score (nSPS) is 11.7. The molecule has 96 valence electrons. The van der Waals surface area contributed by atoms with Gasteiger partial charge in [-0.15, -0.1) is 11.6 Å². The molecule has 0 saturated heterocycles. The predicted molar refractivity (Wildman–Crippen MR) is 77.1 cm³/mol. The molecule has 0 aliphatic carbocycles. The van der Waals surface area contributed by atoms with Gasteiger partial charge in [-0.25, -0.2) is 9.97 Å². The SMILES string of the molecule is CC(C)(CCCl)CNc1ncnc2ccccc12. The van der Waals surface area contributed by atoms with E-state index in [0.717, 1.165) is 29.7 Å². The smallest absolute Gasteiger partial charge is 0.137 e. The lowest BCUT2D eigenvalue weighted by atomic mass is 9.90. The fraction of sp³-hybridized carbons (Fsp3) is 0.429. The van der Waals surface area contributed by atoms with Gasteiger partial charge in [0.15, 0.2) is 0 Å². The van der Waals surface area contributed by atoms with Crippen LogP contribution in [0.15, 0.2) is 30.6 Å². The molecule has 0 saturated carbocycles. The molecule has 0 aliphatic rings. The summed E-state index contributed by atoms with van der Waals surface area (Å²) in [6, 6.07) is 8.01. The van der Waals surface area contributed by atoms with Crippen LogP contribution < -0.4 is 5.32 Å². The number of fused-ring (bicyclic) bond motifs is 1. The first-order chi connectivity index (χ1) is 8.62. The lowest BCUT2D eigenvalue weighted by Crippen LogP contribution is -2.24. The molecule has 0 radical (unpaired) electrons. The molecule has 18 heavy (non-hydrogen) atoms. The van der Waals surface area contributed by atoms with Gasteiger partial charge in [0.2, 0.25) is 0 Å². The third-order valence-electron chi connectivity index (χ3n) is 3.05. The highest BCUT2D eigenvalue weighted by atomic mass is 35.5. The van der Waals surface area contributed by atoms with Crippen LogP contribution in [-0.2, 0) is 0 Å². The van der Waals surface area contributed by atoms with Crippen molar-refractivity contribution in [3.8, 4) is 0 Å². The van der Waals surface area contributed by atoms with Crippen molar-refractivity contribution in [3.05, 3.63) is 30.6 Å². The second kappa shape index (κ2) is 5.53. The van der Waals surface area contributed by atoms with E-state index < -0.39 is 0 Å². The first kappa shape index (κ1) is 13.1. The van der Waals surface area contributed by atoms with E-state index in [9.17, 15) is 0 Å². The number of alkyl halides is 1. The van der Waals surface area contributed by atoms with Gasteiger partial charge >= 0.3 is 0 Å². The van der Waals surface area contributed by atoms with Crippen LogP contribution in [0.4, 0.5) is 5.82 Å². The summed E-state index contributed by atoms with van der Waals surface area (Å²) in [7, 11) is 0. The van der Waals surface area contributed by atoms with Crippen LogP contribution in [0.1, 0.15) is 20.3 Å². The summed E-state index contributed by atoms with van der Waals surface area (Å²) in [5, 5.41) is 4.46. The van der Waals surface area contributed by atoms with E-state index in [1.54, 1.807) is 6.33 Å². The van der Waals surface area contributed by atoms with E-state index in [0.29, 0.717) is 5.88 Å². The van der Waals surface area contributed by atoms with Gasteiger partial charge in [-0.05, 0) is 24.0 Å². The highest BCUT2D eigenvalue weighted by Gasteiger charge is 2.17. The van der Waals surface area contributed by atoms with Crippen molar-refractivity contribution in [2.75, 3.05) is 17.7 Å². The molecule has 0 spiro atoms. The Balaban J connectivity index is 2.17. The minimum atomic E-state index is 0.161. The summed E-state index contributed by atoms with van der Waals surface area (Å²) in [4.78, 5) is 8.57. The molecule has 4 heteroatoms. The van der Waals surface area contributed by atoms with Crippen molar-refractivity contribution in [1.82, 2.24) is 9.97 Å². The van der Waals surface area contributed by atoms with Crippen molar-refractivity contribution in [1.29, 1.82) is 0 Å². The number of nitrogens with one attached hydrogen (secondary N) is 1. The third kappa shape index (κ3) is 3.10. The minimum Gasteiger partial charge on any atom is -0.369 e. The van der Waals surface area contributed by atoms with Crippen LogP contribution in [0.2, 0.25) is 0 Å². The Morgan fingerprint density at radius 1 is 1.22 bits per heavy atom. The molecule has 2 rings (SSSR count). The van der Waals surface area contributed by atoms with Gasteiger partial charge in [0.1, 0.15) is 12.1 Å². The third-order valence-corrected chi connectivity index (χ3v) is 3.24. The molecule has 1 heterocycles. The minimum absolute atomic E-state index is 0.161. The Hall–Kier alpha value is -1.35. The standard InChI is InChI=1S/C14H18ClN3/c1-14(2,7-8-15)9-16-13-11-5-3-4-6-12(11)17-10-18-13/h3-6,10H,7-9H2,1-2H3,(H,16,17,18). The van der Waals surface area contributed by atoms with Gasteiger partial charge in [-0.2, -0.15) is 0 Å². The predicted octanol–water partition coefficient (Wildman–Crippen LogP) is 3.70. The Bertz CT molecular complexity index is 520. The number of nitrogens with zero attached hydrogens (tertiary/aromatic N) is 2. The van der Waals surface area contributed by atoms with Crippen molar-refractivity contribution in [2.45, 2.75) is 20.3 Å². The zero-order valence-electron chi connectivity index (χ0n) is 10.8. The molecular formula is C14H18ClN3. The van der Waals surface area contributed by atoms with Crippen LogP contribution >= 0.6 is 11.6 Å². The first-order valence-electron chi connectivity index (χ1n) is 6.12. The Morgan fingerprint density at radius 3 is 2.78 bits per heavy atom. The van der Waals surface area contributed by atoms with Crippen LogP contribution in [0.5, 0.6) is 0 Å². The van der Waals surface area contributed by atoms with Crippen molar-refractivity contribution in [2.24, 2.45) is 5.41 Å². The average Bonchev–Trinajstić information content (AvgIpc) is 2.36. The summed E-state index contributed by atoms with van der Waals surface area (Å²) in [5.41, 5.74) is 1.12. The molecule has 1 aromatic heterocycles.